The fraction of sp³-hybridized carbons (Fsp3) is 0.294. The van der Waals surface area contributed by atoms with Gasteiger partial charge in [-0.15, -0.1) is 0 Å². The highest BCUT2D eigenvalue weighted by atomic mass is 32.2. The van der Waals surface area contributed by atoms with Crippen LogP contribution in [-0.2, 0) is 16.3 Å². The van der Waals surface area contributed by atoms with E-state index in [1.54, 1.807) is 18.2 Å². The average molecular weight is 303 g/mol. The number of hydrogen-bond acceptors (Lipinski definition) is 3. The predicted molar refractivity (Wildman–Crippen MR) is 86.0 cm³/mol. The normalized spacial score (nSPS) is 13.1. The highest BCUT2D eigenvalue weighted by Gasteiger charge is 2.20. The monoisotopic (exact) mass is 303 g/mol. The van der Waals surface area contributed by atoms with E-state index < -0.39 is 15.9 Å². The fourth-order valence-electron chi connectivity index (χ4n) is 2.24. The topological polar surface area (TPSA) is 60.2 Å². The molecule has 0 aliphatic heterocycles. The Bertz CT molecular complexity index is 706. The summed E-state index contributed by atoms with van der Waals surface area (Å²) in [4.78, 5) is 0.336. The van der Waals surface area contributed by atoms with Crippen LogP contribution in [0.5, 0.6) is 0 Å². The van der Waals surface area contributed by atoms with E-state index in [1.807, 2.05) is 37.3 Å². The van der Waals surface area contributed by atoms with Crippen molar-refractivity contribution in [2.75, 3.05) is 5.75 Å². The van der Waals surface area contributed by atoms with E-state index in [4.69, 9.17) is 5.73 Å². The average Bonchev–Trinajstić information content (AvgIpc) is 2.47. The third kappa shape index (κ3) is 3.93. The number of hydrogen-bond donors (Lipinski definition) is 1. The summed E-state index contributed by atoms with van der Waals surface area (Å²) in [6.45, 7) is 3.96. The first-order chi connectivity index (χ1) is 9.92. The Morgan fingerprint density at radius 1 is 1.10 bits per heavy atom. The first kappa shape index (κ1) is 15.7. The maximum atomic E-state index is 12.4. The fourth-order valence-corrected chi connectivity index (χ4v) is 3.75. The number of nitrogens with two attached hydrogens (primary N) is 1. The summed E-state index contributed by atoms with van der Waals surface area (Å²) in [6, 6.07) is 14.2. The highest BCUT2D eigenvalue weighted by molar-refractivity contribution is 7.91. The van der Waals surface area contributed by atoms with Crippen LogP contribution in [0.1, 0.15) is 29.7 Å². The van der Waals surface area contributed by atoms with Crippen LogP contribution >= 0.6 is 0 Å². The van der Waals surface area contributed by atoms with Crippen LogP contribution in [0.15, 0.2) is 53.4 Å². The van der Waals surface area contributed by atoms with E-state index in [0.717, 1.165) is 17.5 Å². The van der Waals surface area contributed by atoms with E-state index >= 15 is 0 Å². The highest BCUT2D eigenvalue weighted by Crippen LogP contribution is 2.19. The van der Waals surface area contributed by atoms with Gasteiger partial charge in [-0.1, -0.05) is 43.3 Å². The minimum atomic E-state index is -3.37. The number of sulfone groups is 1. The van der Waals surface area contributed by atoms with Gasteiger partial charge in [0.25, 0.3) is 0 Å². The Morgan fingerprint density at radius 3 is 2.33 bits per heavy atom. The first-order valence-corrected chi connectivity index (χ1v) is 8.71. The van der Waals surface area contributed by atoms with Gasteiger partial charge >= 0.3 is 0 Å². The molecule has 1 atom stereocenters. The summed E-state index contributed by atoms with van der Waals surface area (Å²) in [5.41, 5.74) is 9.06. The molecule has 0 spiro atoms. The smallest absolute Gasteiger partial charge is 0.180 e. The minimum Gasteiger partial charge on any atom is -0.323 e. The van der Waals surface area contributed by atoms with Crippen molar-refractivity contribution >= 4 is 9.84 Å². The van der Waals surface area contributed by atoms with Crippen LogP contribution in [0, 0.1) is 6.92 Å². The Hall–Kier alpha value is -1.65. The maximum Gasteiger partial charge on any atom is 0.180 e. The Morgan fingerprint density at radius 2 is 1.76 bits per heavy atom. The van der Waals surface area contributed by atoms with Gasteiger partial charge in [-0.2, -0.15) is 0 Å². The van der Waals surface area contributed by atoms with Crippen LogP contribution in [0.25, 0.3) is 0 Å². The third-order valence-corrected chi connectivity index (χ3v) is 5.33. The van der Waals surface area contributed by atoms with Gasteiger partial charge < -0.3 is 5.73 Å². The molecule has 0 radical (unpaired) electrons. The lowest BCUT2D eigenvalue weighted by atomic mass is 10.1. The van der Waals surface area contributed by atoms with Gasteiger partial charge in [-0.05, 0) is 42.2 Å². The second kappa shape index (κ2) is 6.41. The van der Waals surface area contributed by atoms with Crippen molar-refractivity contribution in [1.82, 2.24) is 0 Å². The lowest BCUT2D eigenvalue weighted by molar-refractivity contribution is 0.589. The molecule has 112 valence electrons. The molecular formula is C17H21NO2S. The Labute approximate surface area is 126 Å². The van der Waals surface area contributed by atoms with Crippen LogP contribution < -0.4 is 5.73 Å². The van der Waals surface area contributed by atoms with Crippen molar-refractivity contribution in [3.05, 3.63) is 65.2 Å². The molecule has 21 heavy (non-hydrogen) atoms. The molecule has 1 unspecified atom stereocenters. The lowest BCUT2D eigenvalue weighted by Gasteiger charge is -2.13. The summed E-state index contributed by atoms with van der Waals surface area (Å²) in [7, 11) is -3.37. The number of rotatable bonds is 5. The molecule has 2 rings (SSSR count). The largest absolute Gasteiger partial charge is 0.323 e. The van der Waals surface area contributed by atoms with Gasteiger partial charge in [0.05, 0.1) is 10.6 Å². The van der Waals surface area contributed by atoms with Crippen molar-refractivity contribution in [3.8, 4) is 0 Å². The molecule has 0 aliphatic carbocycles. The Kier molecular flexibility index (Phi) is 4.80. The van der Waals surface area contributed by atoms with E-state index in [2.05, 4.69) is 6.92 Å². The molecule has 4 heteroatoms. The SMILES string of the molecule is CCc1ccc(C(N)CS(=O)(=O)c2cccc(C)c2)cc1. The minimum absolute atomic E-state index is 0.0814. The van der Waals surface area contributed by atoms with Crippen LogP contribution in [0.2, 0.25) is 0 Å². The quantitative estimate of drug-likeness (QED) is 0.923. The molecule has 2 aromatic carbocycles. The molecule has 2 N–H and O–H groups in total. The van der Waals surface area contributed by atoms with Gasteiger partial charge in [0.1, 0.15) is 0 Å². The molecule has 2 aromatic rings. The summed E-state index contributed by atoms with van der Waals surface area (Å²) in [5, 5.41) is 0. The molecule has 0 heterocycles. The van der Waals surface area contributed by atoms with E-state index in [-0.39, 0.29) is 5.75 Å². The van der Waals surface area contributed by atoms with E-state index in [9.17, 15) is 8.42 Å². The van der Waals surface area contributed by atoms with Gasteiger partial charge in [-0.25, -0.2) is 8.42 Å². The van der Waals surface area contributed by atoms with Crippen LogP contribution in [0.3, 0.4) is 0 Å². The number of benzene rings is 2. The van der Waals surface area contributed by atoms with Crippen molar-refractivity contribution in [1.29, 1.82) is 0 Å². The van der Waals surface area contributed by atoms with Crippen molar-refractivity contribution in [2.24, 2.45) is 5.73 Å². The summed E-state index contributed by atoms with van der Waals surface area (Å²) < 4.78 is 24.8. The molecule has 0 saturated carbocycles. The standard InChI is InChI=1S/C17H21NO2S/c1-3-14-7-9-15(10-8-14)17(18)12-21(19,20)16-6-4-5-13(2)11-16/h4-11,17H,3,12,18H2,1-2H3. The van der Waals surface area contributed by atoms with Gasteiger partial charge in [0.2, 0.25) is 0 Å². The molecule has 3 nitrogen and oxygen atoms in total. The molecule has 0 saturated heterocycles. The molecule has 0 bridgehead atoms. The lowest BCUT2D eigenvalue weighted by Crippen LogP contribution is -2.22. The van der Waals surface area contributed by atoms with E-state index in [1.165, 1.54) is 5.56 Å². The zero-order chi connectivity index (χ0) is 15.5. The van der Waals surface area contributed by atoms with E-state index in [0.29, 0.717) is 4.90 Å². The zero-order valence-corrected chi connectivity index (χ0v) is 13.2. The second-order valence-electron chi connectivity index (χ2n) is 5.30. The maximum absolute atomic E-state index is 12.4. The van der Waals surface area contributed by atoms with Gasteiger partial charge in [0, 0.05) is 6.04 Å². The van der Waals surface area contributed by atoms with Crippen molar-refractivity contribution < 1.29 is 8.42 Å². The number of aryl methyl sites for hydroxylation is 2. The molecule has 0 aliphatic rings. The predicted octanol–water partition coefficient (Wildman–Crippen LogP) is 3.03. The molecule has 0 fully saturated rings. The summed E-state index contributed by atoms with van der Waals surface area (Å²) >= 11 is 0. The summed E-state index contributed by atoms with van der Waals surface area (Å²) in [6.07, 6.45) is 0.955. The van der Waals surface area contributed by atoms with Crippen molar-refractivity contribution in [3.63, 3.8) is 0 Å². The van der Waals surface area contributed by atoms with Gasteiger partial charge in [0.15, 0.2) is 9.84 Å². The zero-order valence-electron chi connectivity index (χ0n) is 12.4. The first-order valence-electron chi connectivity index (χ1n) is 7.06. The van der Waals surface area contributed by atoms with Gasteiger partial charge in [-0.3, -0.25) is 0 Å². The molecule has 0 aromatic heterocycles. The Balaban J connectivity index is 2.19. The third-order valence-electron chi connectivity index (χ3n) is 3.56. The van der Waals surface area contributed by atoms with Crippen molar-refractivity contribution in [2.45, 2.75) is 31.2 Å². The summed E-state index contributed by atoms with van der Waals surface area (Å²) in [5.74, 6) is -0.0814. The molecule has 0 amide bonds. The second-order valence-corrected chi connectivity index (χ2v) is 7.33. The van der Waals surface area contributed by atoms with Crippen LogP contribution in [0.4, 0.5) is 0 Å². The molecular weight excluding hydrogens is 282 g/mol. The van der Waals surface area contributed by atoms with Crippen LogP contribution in [-0.4, -0.2) is 14.2 Å².